The second-order valence-electron chi connectivity index (χ2n) is 9.68. The fourth-order valence-electron chi connectivity index (χ4n) is 5.84. The van der Waals surface area contributed by atoms with E-state index in [0.717, 1.165) is 33.9 Å². The fraction of sp³-hybridized carbons (Fsp3) is 0. The van der Waals surface area contributed by atoms with E-state index in [1.54, 1.807) is 0 Å². The van der Waals surface area contributed by atoms with E-state index in [4.69, 9.17) is 4.98 Å². The second-order valence-corrected chi connectivity index (χ2v) is 9.68. The molecule has 178 valence electrons. The third-order valence-electron chi connectivity index (χ3n) is 7.49. The number of rotatable bonds is 3. The van der Waals surface area contributed by atoms with Crippen molar-refractivity contribution in [2.45, 2.75) is 0 Å². The highest BCUT2D eigenvalue weighted by molar-refractivity contribution is 6.16. The van der Waals surface area contributed by atoms with E-state index in [-0.39, 0.29) is 0 Å². The summed E-state index contributed by atoms with van der Waals surface area (Å²) in [6.07, 6.45) is 0. The molecule has 2 aromatic heterocycles. The number of pyridine rings is 1. The highest BCUT2D eigenvalue weighted by atomic mass is 15.2. The minimum atomic E-state index is 0.956. The van der Waals surface area contributed by atoms with Crippen molar-refractivity contribution >= 4 is 38.9 Å². The Morgan fingerprint density at radius 3 is 1.71 bits per heavy atom. The van der Waals surface area contributed by atoms with Gasteiger partial charge in [0.05, 0.1) is 45.2 Å². The van der Waals surface area contributed by atoms with E-state index < -0.39 is 0 Å². The van der Waals surface area contributed by atoms with Gasteiger partial charge in [-0.15, -0.1) is 0 Å². The molecule has 0 saturated carbocycles. The molecule has 5 aromatic carbocycles. The second kappa shape index (κ2) is 8.19. The Morgan fingerprint density at radius 2 is 1.00 bits per heavy atom. The summed E-state index contributed by atoms with van der Waals surface area (Å²) in [6.45, 7) is 0. The number of anilines is 3. The van der Waals surface area contributed by atoms with Gasteiger partial charge in [0.25, 0.3) is 0 Å². The summed E-state index contributed by atoms with van der Waals surface area (Å²) in [5.74, 6) is 0. The Bertz CT molecular complexity index is 1910. The molecule has 0 N–H and O–H groups in total. The van der Waals surface area contributed by atoms with Gasteiger partial charge in [0, 0.05) is 21.9 Å². The molecular formula is C35H23N3. The standard InChI is InChI=1S/C35H23N3/c1-3-12-24(13-4-1)29-22-26(23-30(36-29)25-14-5-2-6-15-25)37-32-19-9-10-20-33(32)38-31-18-8-7-16-27(31)28-17-11-21-34(37)35(28)38/h1-23H. The van der Waals surface area contributed by atoms with Crippen LogP contribution >= 0.6 is 0 Å². The molecule has 0 amide bonds. The molecule has 0 aliphatic carbocycles. The van der Waals surface area contributed by atoms with Crippen molar-refractivity contribution in [1.82, 2.24) is 9.55 Å². The van der Waals surface area contributed by atoms with E-state index in [1.165, 1.54) is 33.2 Å². The van der Waals surface area contributed by atoms with Crippen LogP contribution in [0.3, 0.4) is 0 Å². The van der Waals surface area contributed by atoms with Gasteiger partial charge in [-0.25, -0.2) is 4.98 Å². The molecule has 8 rings (SSSR count). The molecule has 1 aliphatic heterocycles. The van der Waals surface area contributed by atoms with Crippen LogP contribution in [0.5, 0.6) is 0 Å². The Balaban J connectivity index is 1.46. The van der Waals surface area contributed by atoms with Crippen molar-refractivity contribution in [3.8, 4) is 28.2 Å². The number of benzene rings is 5. The molecular weight excluding hydrogens is 462 g/mol. The van der Waals surface area contributed by atoms with E-state index in [2.05, 4.69) is 137 Å². The average Bonchev–Trinajstić information content (AvgIpc) is 3.34. The van der Waals surface area contributed by atoms with Crippen LogP contribution < -0.4 is 4.90 Å². The first-order valence-electron chi connectivity index (χ1n) is 12.9. The predicted molar refractivity (Wildman–Crippen MR) is 158 cm³/mol. The zero-order chi connectivity index (χ0) is 25.1. The van der Waals surface area contributed by atoms with Gasteiger partial charge in [0.2, 0.25) is 0 Å². The zero-order valence-electron chi connectivity index (χ0n) is 20.6. The summed E-state index contributed by atoms with van der Waals surface area (Å²) in [7, 11) is 0. The number of fused-ring (bicyclic) bond motifs is 5. The van der Waals surface area contributed by atoms with Crippen LogP contribution in [0.25, 0.3) is 50.0 Å². The van der Waals surface area contributed by atoms with E-state index in [0.29, 0.717) is 0 Å². The molecule has 0 unspecified atom stereocenters. The van der Waals surface area contributed by atoms with E-state index in [9.17, 15) is 0 Å². The highest BCUT2D eigenvalue weighted by Crippen LogP contribution is 2.50. The Labute approximate surface area is 220 Å². The molecule has 38 heavy (non-hydrogen) atoms. The topological polar surface area (TPSA) is 21.1 Å². The van der Waals surface area contributed by atoms with Gasteiger partial charge in [-0.05, 0) is 36.4 Å². The van der Waals surface area contributed by atoms with Gasteiger partial charge >= 0.3 is 0 Å². The Hall–Kier alpha value is -5.15. The molecule has 1 aliphatic rings. The van der Waals surface area contributed by atoms with E-state index >= 15 is 0 Å². The zero-order valence-corrected chi connectivity index (χ0v) is 20.6. The van der Waals surface area contributed by atoms with Crippen molar-refractivity contribution in [2.24, 2.45) is 0 Å². The molecule has 3 heteroatoms. The Kier molecular flexibility index (Phi) is 4.52. The average molecular weight is 486 g/mol. The van der Waals surface area contributed by atoms with Gasteiger partial charge in [0.15, 0.2) is 0 Å². The van der Waals surface area contributed by atoms with Crippen LogP contribution in [0.15, 0.2) is 140 Å². The maximum absolute atomic E-state index is 5.12. The van der Waals surface area contributed by atoms with Crippen LogP contribution in [0, 0.1) is 0 Å². The van der Waals surface area contributed by atoms with Gasteiger partial charge < -0.3 is 9.47 Å². The smallest absolute Gasteiger partial charge is 0.0783 e. The van der Waals surface area contributed by atoms with Gasteiger partial charge in [-0.3, -0.25) is 0 Å². The molecule has 3 heterocycles. The number of aromatic nitrogens is 2. The van der Waals surface area contributed by atoms with Crippen LogP contribution in [0.2, 0.25) is 0 Å². The lowest BCUT2D eigenvalue weighted by Gasteiger charge is -2.33. The van der Waals surface area contributed by atoms with Gasteiger partial charge in [-0.1, -0.05) is 103 Å². The lowest BCUT2D eigenvalue weighted by atomic mass is 10.0. The SMILES string of the molecule is c1ccc(-c2cc(N3c4ccccc4-n4c5ccccc5c5cccc3c54)cc(-c3ccccc3)n2)cc1. The molecule has 3 nitrogen and oxygen atoms in total. The monoisotopic (exact) mass is 485 g/mol. The van der Waals surface area contributed by atoms with E-state index in [1.807, 2.05) is 12.1 Å². The molecule has 0 bridgehead atoms. The quantitative estimate of drug-likeness (QED) is 0.249. The third-order valence-corrected chi connectivity index (χ3v) is 7.49. The lowest BCUT2D eigenvalue weighted by molar-refractivity contribution is 1.11. The fourth-order valence-corrected chi connectivity index (χ4v) is 5.84. The van der Waals surface area contributed by atoms with Gasteiger partial charge in [0.1, 0.15) is 0 Å². The third kappa shape index (κ3) is 3.06. The number of nitrogens with zero attached hydrogens (tertiary/aromatic N) is 3. The minimum Gasteiger partial charge on any atom is -0.306 e. The number of para-hydroxylation sites is 4. The summed E-state index contributed by atoms with van der Waals surface area (Å²) >= 11 is 0. The van der Waals surface area contributed by atoms with Crippen LogP contribution in [0.1, 0.15) is 0 Å². The van der Waals surface area contributed by atoms with Crippen molar-refractivity contribution in [1.29, 1.82) is 0 Å². The van der Waals surface area contributed by atoms with Crippen molar-refractivity contribution in [3.05, 3.63) is 140 Å². The molecule has 0 saturated heterocycles. The highest BCUT2D eigenvalue weighted by Gasteiger charge is 2.28. The van der Waals surface area contributed by atoms with Crippen LogP contribution in [-0.4, -0.2) is 9.55 Å². The van der Waals surface area contributed by atoms with Crippen molar-refractivity contribution in [2.75, 3.05) is 4.90 Å². The first-order valence-corrected chi connectivity index (χ1v) is 12.9. The molecule has 0 spiro atoms. The Morgan fingerprint density at radius 1 is 0.447 bits per heavy atom. The summed E-state index contributed by atoms with van der Waals surface area (Å²) in [5.41, 5.74) is 11.2. The molecule has 7 aromatic rings. The summed E-state index contributed by atoms with van der Waals surface area (Å²) < 4.78 is 2.42. The van der Waals surface area contributed by atoms with Crippen LogP contribution in [-0.2, 0) is 0 Å². The van der Waals surface area contributed by atoms with Crippen molar-refractivity contribution in [3.63, 3.8) is 0 Å². The predicted octanol–water partition coefficient (Wildman–Crippen LogP) is 9.30. The largest absolute Gasteiger partial charge is 0.306 e. The number of hydrogen-bond donors (Lipinski definition) is 0. The van der Waals surface area contributed by atoms with Crippen molar-refractivity contribution < 1.29 is 0 Å². The summed E-state index contributed by atoms with van der Waals surface area (Å²) in [6, 6.07) is 49.4. The van der Waals surface area contributed by atoms with Crippen LogP contribution in [0.4, 0.5) is 17.1 Å². The first kappa shape index (κ1) is 21.0. The summed E-state index contributed by atoms with van der Waals surface area (Å²) in [4.78, 5) is 7.52. The van der Waals surface area contributed by atoms with Gasteiger partial charge in [-0.2, -0.15) is 0 Å². The molecule has 0 radical (unpaired) electrons. The summed E-state index contributed by atoms with van der Waals surface area (Å²) in [5, 5.41) is 2.53. The maximum atomic E-state index is 5.12. The normalized spacial score (nSPS) is 12.2. The first-order chi connectivity index (χ1) is 18.9. The minimum absolute atomic E-state index is 0.956. The molecule has 0 atom stereocenters. The lowest BCUT2D eigenvalue weighted by Crippen LogP contribution is -2.18. The molecule has 0 fully saturated rings. The number of hydrogen-bond acceptors (Lipinski definition) is 2. The maximum Gasteiger partial charge on any atom is 0.0783 e.